The van der Waals surface area contributed by atoms with Crippen LogP contribution in [0.15, 0.2) is 64.4 Å². The fourth-order valence-corrected chi connectivity index (χ4v) is 2.82. The lowest BCUT2D eigenvalue weighted by Crippen LogP contribution is -2.14. The zero-order valence-electron chi connectivity index (χ0n) is 12.4. The number of H-pyrrole nitrogens is 1. The van der Waals surface area contributed by atoms with Gasteiger partial charge in [0.2, 0.25) is 0 Å². The molecule has 0 saturated heterocycles. The monoisotopic (exact) mass is 329 g/mol. The van der Waals surface area contributed by atoms with Crippen LogP contribution in [0, 0.1) is 22.7 Å². The Bertz CT molecular complexity index is 1040. The number of nitrogens with one attached hydrogen (secondary N) is 1. The standard InChI is InChI=1S/C19H11N3OS/c20-10-15-17(16(11-21)19(24)22-18(15)23)14-8-6-13(7-9-14)12-4-2-1-3-5-12/h1-9H,(H2,22,23,24). The summed E-state index contributed by atoms with van der Waals surface area (Å²) in [6.45, 7) is 0. The largest absolute Gasteiger partial charge is 0.315 e. The molecule has 5 heteroatoms. The van der Waals surface area contributed by atoms with E-state index in [0.29, 0.717) is 11.1 Å². The van der Waals surface area contributed by atoms with Crippen molar-refractivity contribution in [2.24, 2.45) is 0 Å². The second kappa shape index (κ2) is 6.45. The third-order valence-electron chi connectivity index (χ3n) is 3.70. The van der Waals surface area contributed by atoms with Crippen LogP contribution in [-0.2, 0) is 0 Å². The number of thiol groups is 1. The predicted octanol–water partition coefficient (Wildman–Crippen LogP) is 3.74. The number of pyridine rings is 1. The highest BCUT2D eigenvalue weighted by Crippen LogP contribution is 2.30. The molecule has 1 N–H and O–H groups in total. The number of nitrogens with zero attached hydrogens (tertiary/aromatic N) is 2. The molecule has 0 aliphatic rings. The van der Waals surface area contributed by atoms with Gasteiger partial charge in [0.15, 0.2) is 0 Å². The van der Waals surface area contributed by atoms with Crippen LogP contribution >= 0.6 is 12.6 Å². The number of nitriles is 2. The smallest absolute Gasteiger partial charge is 0.267 e. The van der Waals surface area contributed by atoms with Crippen molar-refractivity contribution in [3.05, 3.63) is 76.1 Å². The Hall–Kier alpha value is -3.28. The summed E-state index contributed by atoms with van der Waals surface area (Å²) in [5.41, 5.74) is 2.55. The van der Waals surface area contributed by atoms with Crippen LogP contribution in [0.2, 0.25) is 0 Å². The summed E-state index contributed by atoms with van der Waals surface area (Å²) in [6.07, 6.45) is 0. The normalized spacial score (nSPS) is 9.96. The molecule has 3 aromatic rings. The van der Waals surface area contributed by atoms with Gasteiger partial charge in [0.05, 0.1) is 10.6 Å². The minimum Gasteiger partial charge on any atom is -0.315 e. The van der Waals surface area contributed by atoms with Crippen LogP contribution < -0.4 is 5.56 Å². The van der Waals surface area contributed by atoms with E-state index in [4.69, 9.17) is 0 Å². The highest BCUT2D eigenvalue weighted by Gasteiger charge is 2.17. The van der Waals surface area contributed by atoms with Gasteiger partial charge < -0.3 is 4.98 Å². The van der Waals surface area contributed by atoms with Crippen molar-refractivity contribution in [1.29, 1.82) is 10.5 Å². The number of benzene rings is 2. The number of hydrogen-bond acceptors (Lipinski definition) is 4. The second-order valence-electron chi connectivity index (χ2n) is 5.09. The zero-order chi connectivity index (χ0) is 17.1. The molecule has 0 aliphatic heterocycles. The number of rotatable bonds is 2. The van der Waals surface area contributed by atoms with Crippen molar-refractivity contribution >= 4 is 12.6 Å². The molecule has 0 fully saturated rings. The Balaban J connectivity index is 2.19. The maximum atomic E-state index is 12.0. The molecular formula is C19H11N3OS. The molecule has 0 amide bonds. The second-order valence-corrected chi connectivity index (χ2v) is 5.54. The van der Waals surface area contributed by atoms with Crippen LogP contribution in [0.4, 0.5) is 0 Å². The maximum absolute atomic E-state index is 12.0. The number of hydrogen-bond donors (Lipinski definition) is 2. The summed E-state index contributed by atoms with van der Waals surface area (Å²) >= 11 is 4.14. The van der Waals surface area contributed by atoms with Crippen LogP contribution in [0.5, 0.6) is 0 Å². The van der Waals surface area contributed by atoms with E-state index in [1.54, 1.807) is 12.1 Å². The summed E-state index contributed by atoms with van der Waals surface area (Å²) in [6, 6.07) is 21.1. The van der Waals surface area contributed by atoms with Gasteiger partial charge in [-0.3, -0.25) is 4.79 Å². The molecule has 4 nitrogen and oxygen atoms in total. The van der Waals surface area contributed by atoms with Crippen molar-refractivity contribution in [3.8, 4) is 34.4 Å². The molecule has 114 valence electrons. The van der Waals surface area contributed by atoms with E-state index >= 15 is 0 Å². The predicted molar refractivity (Wildman–Crippen MR) is 94.6 cm³/mol. The van der Waals surface area contributed by atoms with Crippen molar-refractivity contribution in [2.75, 3.05) is 0 Å². The van der Waals surface area contributed by atoms with Crippen molar-refractivity contribution in [3.63, 3.8) is 0 Å². The molecule has 0 spiro atoms. The van der Waals surface area contributed by atoms with E-state index in [1.165, 1.54) is 0 Å². The van der Waals surface area contributed by atoms with E-state index in [9.17, 15) is 15.3 Å². The van der Waals surface area contributed by atoms with Gasteiger partial charge in [0.25, 0.3) is 5.56 Å². The molecule has 24 heavy (non-hydrogen) atoms. The minimum absolute atomic E-state index is 0.0863. The summed E-state index contributed by atoms with van der Waals surface area (Å²) in [5, 5.41) is 18.8. The zero-order valence-corrected chi connectivity index (χ0v) is 13.3. The average molecular weight is 329 g/mol. The summed E-state index contributed by atoms with van der Waals surface area (Å²) in [5.74, 6) is 0. The molecule has 0 bridgehead atoms. The first-order valence-electron chi connectivity index (χ1n) is 7.11. The molecular weight excluding hydrogens is 318 g/mol. The summed E-state index contributed by atoms with van der Waals surface area (Å²) in [7, 11) is 0. The molecule has 0 saturated carbocycles. The molecule has 0 aliphatic carbocycles. The molecule has 0 atom stereocenters. The first kappa shape index (κ1) is 15.6. The molecule has 2 aromatic carbocycles. The van der Waals surface area contributed by atoms with Crippen molar-refractivity contribution in [1.82, 2.24) is 4.98 Å². The minimum atomic E-state index is -0.552. The van der Waals surface area contributed by atoms with E-state index in [1.807, 2.05) is 54.6 Å². The van der Waals surface area contributed by atoms with E-state index in [2.05, 4.69) is 17.6 Å². The lowest BCUT2D eigenvalue weighted by atomic mass is 9.95. The van der Waals surface area contributed by atoms with Gasteiger partial charge in [-0.1, -0.05) is 54.6 Å². The highest BCUT2D eigenvalue weighted by molar-refractivity contribution is 7.80. The van der Waals surface area contributed by atoms with Gasteiger partial charge in [-0.15, -0.1) is 12.6 Å². The van der Waals surface area contributed by atoms with Gasteiger partial charge in [-0.05, 0) is 16.7 Å². The topological polar surface area (TPSA) is 80.4 Å². The Labute approximate surface area is 144 Å². The first-order valence-corrected chi connectivity index (χ1v) is 7.55. The van der Waals surface area contributed by atoms with Crippen molar-refractivity contribution in [2.45, 2.75) is 5.03 Å². The van der Waals surface area contributed by atoms with Crippen LogP contribution in [0.3, 0.4) is 0 Å². The van der Waals surface area contributed by atoms with Gasteiger partial charge in [0.1, 0.15) is 17.7 Å². The summed E-state index contributed by atoms with van der Waals surface area (Å²) in [4.78, 5) is 14.4. The van der Waals surface area contributed by atoms with Gasteiger partial charge in [0, 0.05) is 5.56 Å². The lowest BCUT2D eigenvalue weighted by Gasteiger charge is -2.09. The first-order chi connectivity index (χ1) is 11.7. The molecule has 0 unspecified atom stereocenters. The van der Waals surface area contributed by atoms with E-state index < -0.39 is 5.56 Å². The molecule has 0 radical (unpaired) electrons. The third-order valence-corrected chi connectivity index (χ3v) is 4.04. The average Bonchev–Trinajstić information content (AvgIpc) is 2.62. The third kappa shape index (κ3) is 2.69. The van der Waals surface area contributed by atoms with Crippen LogP contribution in [0.25, 0.3) is 22.3 Å². The Morgan fingerprint density at radius 2 is 1.33 bits per heavy atom. The highest BCUT2D eigenvalue weighted by atomic mass is 32.1. The Morgan fingerprint density at radius 1 is 0.792 bits per heavy atom. The Kier molecular flexibility index (Phi) is 4.20. The number of aromatic nitrogens is 1. The molecule has 1 aromatic heterocycles. The SMILES string of the molecule is N#Cc1c(S)[nH]c(=O)c(C#N)c1-c1ccc(-c2ccccc2)cc1. The lowest BCUT2D eigenvalue weighted by molar-refractivity contribution is 1.06. The van der Waals surface area contributed by atoms with E-state index in [0.717, 1.165) is 11.1 Å². The molecule has 1 heterocycles. The fraction of sp³-hybridized carbons (Fsp3) is 0. The van der Waals surface area contributed by atoms with Gasteiger partial charge in [-0.2, -0.15) is 10.5 Å². The van der Waals surface area contributed by atoms with Crippen molar-refractivity contribution < 1.29 is 0 Å². The molecule has 3 rings (SSSR count). The fourth-order valence-electron chi connectivity index (χ4n) is 2.55. The van der Waals surface area contributed by atoms with Crippen LogP contribution in [0.1, 0.15) is 11.1 Å². The van der Waals surface area contributed by atoms with E-state index in [-0.39, 0.29) is 16.2 Å². The quantitative estimate of drug-likeness (QED) is 0.703. The van der Waals surface area contributed by atoms with Gasteiger partial charge >= 0.3 is 0 Å². The number of aromatic amines is 1. The Morgan fingerprint density at radius 3 is 1.92 bits per heavy atom. The van der Waals surface area contributed by atoms with Gasteiger partial charge in [-0.25, -0.2) is 0 Å². The maximum Gasteiger partial charge on any atom is 0.267 e. The summed E-state index contributed by atoms with van der Waals surface area (Å²) < 4.78 is 0. The van der Waals surface area contributed by atoms with Crippen LogP contribution in [-0.4, -0.2) is 4.98 Å².